The van der Waals surface area contributed by atoms with Crippen LogP contribution in [0.2, 0.25) is 0 Å². The molecule has 2 rings (SSSR count). The van der Waals surface area contributed by atoms with E-state index in [-0.39, 0.29) is 5.38 Å². The summed E-state index contributed by atoms with van der Waals surface area (Å²) in [6, 6.07) is 6.28. The van der Waals surface area contributed by atoms with Crippen molar-refractivity contribution in [2.75, 3.05) is 6.61 Å². The maximum absolute atomic E-state index is 6.70. The molecule has 0 aliphatic heterocycles. The van der Waals surface area contributed by atoms with Gasteiger partial charge < -0.3 is 4.74 Å². The van der Waals surface area contributed by atoms with E-state index >= 15 is 0 Å². The number of hydrogen-bond donors (Lipinski definition) is 0. The van der Waals surface area contributed by atoms with Gasteiger partial charge in [0.2, 0.25) is 0 Å². The minimum atomic E-state index is 0.124. The molecular weight excluding hydrogens is 336 g/mol. The number of ether oxygens (including phenoxy) is 1. The first-order valence-electron chi connectivity index (χ1n) is 7.68. The van der Waals surface area contributed by atoms with Crippen molar-refractivity contribution in [2.45, 2.75) is 51.3 Å². The summed E-state index contributed by atoms with van der Waals surface area (Å²) in [5.41, 5.74) is 1.21. The van der Waals surface area contributed by atoms with Crippen molar-refractivity contribution in [1.82, 2.24) is 0 Å². The monoisotopic (exact) mass is 358 g/mol. The van der Waals surface area contributed by atoms with Crippen molar-refractivity contribution in [3.63, 3.8) is 0 Å². The van der Waals surface area contributed by atoms with Crippen molar-refractivity contribution in [1.29, 1.82) is 0 Å². The predicted molar refractivity (Wildman–Crippen MR) is 89.6 cm³/mol. The molecule has 0 N–H and O–H groups in total. The number of rotatable bonds is 5. The average molecular weight is 360 g/mol. The third-order valence-corrected chi connectivity index (χ3v) is 5.44. The zero-order chi connectivity index (χ0) is 14.5. The summed E-state index contributed by atoms with van der Waals surface area (Å²) >= 11 is 10.3. The third-order valence-electron chi connectivity index (χ3n) is 4.21. The highest BCUT2D eigenvalue weighted by Gasteiger charge is 2.26. The van der Waals surface area contributed by atoms with Crippen LogP contribution in [0.3, 0.4) is 0 Å². The van der Waals surface area contributed by atoms with Crippen LogP contribution in [0.15, 0.2) is 22.7 Å². The van der Waals surface area contributed by atoms with Gasteiger partial charge in [0.05, 0.1) is 16.5 Å². The molecule has 20 heavy (non-hydrogen) atoms. The van der Waals surface area contributed by atoms with E-state index in [0.717, 1.165) is 29.2 Å². The second-order valence-electron chi connectivity index (χ2n) is 5.96. The van der Waals surface area contributed by atoms with Gasteiger partial charge in [0, 0.05) is 0 Å². The number of hydrogen-bond acceptors (Lipinski definition) is 1. The first-order valence-corrected chi connectivity index (χ1v) is 8.91. The lowest BCUT2D eigenvalue weighted by atomic mass is 9.80. The van der Waals surface area contributed by atoms with E-state index in [0.29, 0.717) is 5.92 Å². The SMILES string of the molecule is CCCOc1ccc(C(Cl)C2CCC(C)CC2)cc1Br. The highest BCUT2D eigenvalue weighted by atomic mass is 79.9. The fourth-order valence-corrected chi connectivity index (χ4v) is 3.77. The van der Waals surface area contributed by atoms with Crippen LogP contribution in [0.4, 0.5) is 0 Å². The summed E-state index contributed by atoms with van der Waals surface area (Å²) in [6.07, 6.45) is 6.15. The third kappa shape index (κ3) is 4.14. The lowest BCUT2D eigenvalue weighted by molar-refractivity contribution is 0.283. The molecule has 112 valence electrons. The summed E-state index contributed by atoms with van der Waals surface area (Å²) < 4.78 is 6.70. The molecule has 0 aromatic heterocycles. The number of alkyl halides is 1. The molecule has 1 aromatic rings. The zero-order valence-corrected chi connectivity index (χ0v) is 14.7. The maximum atomic E-state index is 6.70. The van der Waals surface area contributed by atoms with E-state index in [1.54, 1.807) is 0 Å². The van der Waals surface area contributed by atoms with E-state index in [1.165, 1.54) is 31.2 Å². The van der Waals surface area contributed by atoms with Crippen LogP contribution in [0.1, 0.15) is 56.9 Å². The summed E-state index contributed by atoms with van der Waals surface area (Å²) in [5.74, 6) is 2.39. The van der Waals surface area contributed by atoms with Gasteiger partial charge in [-0.3, -0.25) is 0 Å². The van der Waals surface area contributed by atoms with Crippen molar-refractivity contribution in [3.05, 3.63) is 28.2 Å². The molecule has 1 fully saturated rings. The molecule has 0 bridgehead atoms. The van der Waals surface area contributed by atoms with Gasteiger partial charge in [-0.1, -0.05) is 32.8 Å². The average Bonchev–Trinajstić information content (AvgIpc) is 2.46. The quantitative estimate of drug-likeness (QED) is 0.557. The van der Waals surface area contributed by atoms with Gasteiger partial charge in [0.1, 0.15) is 5.75 Å². The molecule has 1 saturated carbocycles. The van der Waals surface area contributed by atoms with Crippen LogP contribution < -0.4 is 4.74 Å². The van der Waals surface area contributed by atoms with Gasteiger partial charge in [-0.25, -0.2) is 0 Å². The second kappa shape index (κ2) is 7.70. The molecule has 1 nitrogen and oxygen atoms in total. The Morgan fingerprint density at radius 2 is 2.00 bits per heavy atom. The topological polar surface area (TPSA) is 9.23 Å². The van der Waals surface area contributed by atoms with Gasteiger partial charge in [-0.2, -0.15) is 0 Å². The Kier molecular flexibility index (Phi) is 6.22. The number of halogens is 2. The Balaban J connectivity index is 2.03. The highest BCUT2D eigenvalue weighted by molar-refractivity contribution is 9.10. The summed E-state index contributed by atoms with van der Waals surface area (Å²) in [7, 11) is 0. The molecule has 1 aliphatic carbocycles. The standard InChI is InChI=1S/C17H24BrClO/c1-3-10-20-16-9-8-14(11-15(16)18)17(19)13-6-4-12(2)5-7-13/h8-9,11-13,17H,3-7,10H2,1-2H3. The van der Waals surface area contributed by atoms with E-state index in [1.807, 2.05) is 6.07 Å². The molecule has 1 aliphatic rings. The molecule has 0 amide bonds. The molecule has 1 unspecified atom stereocenters. The summed E-state index contributed by atoms with van der Waals surface area (Å²) in [6.45, 7) is 5.21. The fourth-order valence-electron chi connectivity index (χ4n) is 2.87. The van der Waals surface area contributed by atoms with Gasteiger partial charge in [0.15, 0.2) is 0 Å². The minimum Gasteiger partial charge on any atom is -0.492 e. The van der Waals surface area contributed by atoms with Crippen LogP contribution in [0, 0.1) is 11.8 Å². The first-order chi connectivity index (χ1) is 9.61. The van der Waals surface area contributed by atoms with Crippen LogP contribution >= 0.6 is 27.5 Å². The molecule has 3 heteroatoms. The molecule has 0 radical (unpaired) electrons. The number of benzene rings is 1. The maximum Gasteiger partial charge on any atom is 0.133 e. The van der Waals surface area contributed by atoms with E-state index < -0.39 is 0 Å². The first kappa shape index (κ1) is 16.2. The molecule has 0 saturated heterocycles. The Morgan fingerprint density at radius 1 is 1.30 bits per heavy atom. The molecule has 0 spiro atoms. The lowest BCUT2D eigenvalue weighted by Crippen LogP contribution is -2.16. The zero-order valence-electron chi connectivity index (χ0n) is 12.4. The van der Waals surface area contributed by atoms with Crippen molar-refractivity contribution in [2.24, 2.45) is 11.8 Å². The molecular formula is C17H24BrClO. The lowest BCUT2D eigenvalue weighted by Gasteiger charge is -2.29. The van der Waals surface area contributed by atoms with E-state index in [4.69, 9.17) is 16.3 Å². The molecule has 1 aromatic carbocycles. The summed E-state index contributed by atoms with van der Waals surface area (Å²) in [4.78, 5) is 0. The predicted octanol–water partition coefficient (Wildman–Crippen LogP) is 6.34. The Bertz CT molecular complexity index is 427. The van der Waals surface area contributed by atoms with E-state index in [2.05, 4.69) is 41.9 Å². The Morgan fingerprint density at radius 3 is 2.60 bits per heavy atom. The molecule has 0 heterocycles. The van der Waals surface area contributed by atoms with E-state index in [9.17, 15) is 0 Å². The highest BCUT2D eigenvalue weighted by Crippen LogP contribution is 2.41. The normalized spacial score (nSPS) is 24.4. The van der Waals surface area contributed by atoms with Gasteiger partial charge >= 0.3 is 0 Å². The largest absolute Gasteiger partial charge is 0.492 e. The van der Waals surface area contributed by atoms with Crippen molar-refractivity contribution < 1.29 is 4.74 Å². The van der Waals surface area contributed by atoms with Gasteiger partial charge in [-0.15, -0.1) is 11.6 Å². The van der Waals surface area contributed by atoms with Crippen LogP contribution in [0.25, 0.3) is 0 Å². The van der Waals surface area contributed by atoms with Crippen LogP contribution in [-0.4, -0.2) is 6.61 Å². The Labute approximate surface area is 136 Å². The van der Waals surface area contributed by atoms with Crippen molar-refractivity contribution >= 4 is 27.5 Å². The fraction of sp³-hybridized carbons (Fsp3) is 0.647. The molecule has 1 atom stereocenters. The van der Waals surface area contributed by atoms with Gasteiger partial charge in [-0.05, 0) is 64.7 Å². The van der Waals surface area contributed by atoms with Crippen LogP contribution in [-0.2, 0) is 0 Å². The Hall–Kier alpha value is -0.210. The smallest absolute Gasteiger partial charge is 0.133 e. The van der Waals surface area contributed by atoms with Crippen LogP contribution in [0.5, 0.6) is 5.75 Å². The van der Waals surface area contributed by atoms with Gasteiger partial charge in [0.25, 0.3) is 0 Å². The van der Waals surface area contributed by atoms with Crippen molar-refractivity contribution in [3.8, 4) is 5.75 Å². The summed E-state index contributed by atoms with van der Waals surface area (Å²) in [5, 5.41) is 0.124. The second-order valence-corrected chi connectivity index (χ2v) is 7.28. The minimum absolute atomic E-state index is 0.124.